The Hall–Kier alpha value is -3.61. The number of nitrogens with one attached hydrogen (secondary N) is 2. The van der Waals surface area contributed by atoms with Gasteiger partial charge in [0, 0.05) is 5.69 Å². The summed E-state index contributed by atoms with van der Waals surface area (Å²) < 4.78 is 10.7. The smallest absolute Gasteiger partial charge is 0.263 e. The molecule has 2 aromatic carbocycles. The predicted octanol–water partition coefficient (Wildman–Crippen LogP) is 3.81. The highest BCUT2D eigenvalue weighted by Gasteiger charge is 2.08. The maximum Gasteiger partial charge on any atom is 0.263 e. The minimum Gasteiger partial charge on any atom is -0.493 e. The van der Waals surface area contributed by atoms with E-state index in [4.69, 9.17) is 9.47 Å². The highest BCUT2D eigenvalue weighted by molar-refractivity contribution is 5.91. The number of amides is 1. The van der Waals surface area contributed by atoms with Crippen LogP contribution in [0.4, 0.5) is 17.3 Å². The summed E-state index contributed by atoms with van der Waals surface area (Å²) in [4.78, 5) is 12.1. The second kappa shape index (κ2) is 9.36. The topological polar surface area (TPSA) is 85.4 Å². The van der Waals surface area contributed by atoms with Crippen LogP contribution in [0.1, 0.15) is 12.5 Å². The first-order chi connectivity index (χ1) is 13.7. The van der Waals surface area contributed by atoms with Crippen LogP contribution in [0.5, 0.6) is 11.5 Å². The average molecular weight is 378 g/mol. The van der Waals surface area contributed by atoms with Crippen LogP contribution in [0.25, 0.3) is 0 Å². The highest BCUT2D eigenvalue weighted by Crippen LogP contribution is 2.25. The average Bonchev–Trinajstić information content (AvgIpc) is 2.74. The van der Waals surface area contributed by atoms with Crippen LogP contribution in [-0.4, -0.2) is 29.8 Å². The Balaban J connectivity index is 1.52. The van der Waals surface area contributed by atoms with Gasteiger partial charge < -0.3 is 20.1 Å². The van der Waals surface area contributed by atoms with Crippen LogP contribution >= 0.6 is 0 Å². The molecule has 144 valence electrons. The van der Waals surface area contributed by atoms with E-state index in [1.807, 2.05) is 24.3 Å². The molecule has 7 nitrogen and oxygen atoms in total. The van der Waals surface area contributed by atoms with Crippen molar-refractivity contribution in [1.29, 1.82) is 0 Å². The molecule has 0 bridgehead atoms. The highest BCUT2D eigenvalue weighted by atomic mass is 16.5. The number of ether oxygens (including phenoxy) is 2. The Labute approximate surface area is 163 Å². The second-order valence-corrected chi connectivity index (χ2v) is 5.97. The van der Waals surface area contributed by atoms with Gasteiger partial charge in [-0.3, -0.25) is 4.79 Å². The van der Waals surface area contributed by atoms with Crippen molar-refractivity contribution < 1.29 is 14.3 Å². The maximum absolute atomic E-state index is 12.1. The molecule has 0 aliphatic heterocycles. The fourth-order valence-electron chi connectivity index (χ4n) is 2.50. The molecule has 0 saturated carbocycles. The molecule has 0 radical (unpaired) electrons. The molecule has 3 rings (SSSR count). The lowest BCUT2D eigenvalue weighted by Crippen LogP contribution is -2.21. The van der Waals surface area contributed by atoms with Gasteiger partial charge in [0.1, 0.15) is 0 Å². The molecule has 0 fully saturated rings. The second-order valence-electron chi connectivity index (χ2n) is 5.97. The SMILES string of the molecule is CCc1ccc(Nc2ccc(NC(=O)COc3ccccc3OC)nn2)cc1. The van der Waals surface area contributed by atoms with Gasteiger partial charge in [-0.15, -0.1) is 10.2 Å². The van der Waals surface area contributed by atoms with E-state index in [-0.39, 0.29) is 12.5 Å². The zero-order valence-electron chi connectivity index (χ0n) is 15.8. The number of anilines is 3. The number of aryl methyl sites for hydroxylation is 1. The van der Waals surface area contributed by atoms with Gasteiger partial charge >= 0.3 is 0 Å². The summed E-state index contributed by atoms with van der Waals surface area (Å²) in [5, 5.41) is 13.9. The molecule has 0 aliphatic rings. The largest absolute Gasteiger partial charge is 0.493 e. The lowest BCUT2D eigenvalue weighted by atomic mass is 10.1. The third-order valence-electron chi connectivity index (χ3n) is 3.99. The van der Waals surface area contributed by atoms with Crippen LogP contribution < -0.4 is 20.1 Å². The molecular weight excluding hydrogens is 356 g/mol. The van der Waals surface area contributed by atoms with Crippen molar-refractivity contribution in [3.8, 4) is 11.5 Å². The number of methoxy groups -OCH3 is 1. The summed E-state index contributed by atoms with van der Waals surface area (Å²) in [5.74, 6) is 1.67. The lowest BCUT2D eigenvalue weighted by molar-refractivity contribution is -0.118. The number of carbonyl (C=O) groups is 1. The Morgan fingerprint density at radius 1 is 0.929 bits per heavy atom. The van der Waals surface area contributed by atoms with Gasteiger partial charge in [0.2, 0.25) is 0 Å². The van der Waals surface area contributed by atoms with E-state index >= 15 is 0 Å². The van der Waals surface area contributed by atoms with Gasteiger partial charge in [-0.05, 0) is 48.4 Å². The number of hydrogen-bond acceptors (Lipinski definition) is 6. The third-order valence-corrected chi connectivity index (χ3v) is 3.99. The summed E-state index contributed by atoms with van der Waals surface area (Å²) in [6.45, 7) is 1.95. The van der Waals surface area contributed by atoms with Crippen LogP contribution in [-0.2, 0) is 11.2 Å². The number of rotatable bonds is 8. The molecule has 0 spiro atoms. The van der Waals surface area contributed by atoms with Gasteiger partial charge in [0.25, 0.3) is 5.91 Å². The standard InChI is InChI=1S/C21H22N4O3/c1-3-15-8-10-16(11-9-15)22-19-12-13-20(25-24-19)23-21(26)14-28-18-7-5-4-6-17(18)27-2/h4-13H,3,14H2,1-2H3,(H,22,24)(H,23,25,26). The molecule has 7 heteroatoms. The first kappa shape index (κ1) is 19.2. The molecule has 0 atom stereocenters. The van der Waals surface area contributed by atoms with Gasteiger partial charge in [0.15, 0.2) is 29.7 Å². The van der Waals surface area contributed by atoms with E-state index in [2.05, 4.69) is 39.9 Å². The lowest BCUT2D eigenvalue weighted by Gasteiger charge is -2.10. The van der Waals surface area contributed by atoms with E-state index in [1.54, 1.807) is 31.4 Å². The van der Waals surface area contributed by atoms with Crippen LogP contribution in [0.2, 0.25) is 0 Å². The monoisotopic (exact) mass is 378 g/mol. The Bertz CT molecular complexity index is 912. The number of carbonyl (C=O) groups excluding carboxylic acids is 1. The molecule has 2 N–H and O–H groups in total. The molecule has 1 aromatic heterocycles. The van der Waals surface area contributed by atoms with Gasteiger partial charge in [-0.2, -0.15) is 0 Å². The minimum absolute atomic E-state index is 0.161. The predicted molar refractivity (Wildman–Crippen MR) is 108 cm³/mol. The van der Waals surface area contributed by atoms with Gasteiger partial charge in [0.05, 0.1) is 7.11 Å². The van der Waals surface area contributed by atoms with E-state index in [9.17, 15) is 4.79 Å². The number of aromatic nitrogens is 2. The van der Waals surface area contributed by atoms with Crippen LogP contribution in [0.3, 0.4) is 0 Å². The van der Waals surface area contributed by atoms with Gasteiger partial charge in [-0.1, -0.05) is 31.2 Å². The van der Waals surface area contributed by atoms with Crippen LogP contribution in [0, 0.1) is 0 Å². The molecule has 28 heavy (non-hydrogen) atoms. The number of hydrogen-bond donors (Lipinski definition) is 2. The van der Waals surface area contributed by atoms with Gasteiger partial charge in [-0.25, -0.2) is 0 Å². The van der Waals surface area contributed by atoms with E-state index in [0.29, 0.717) is 23.1 Å². The molecule has 1 heterocycles. The molecule has 0 saturated heterocycles. The number of benzene rings is 2. The fraction of sp³-hybridized carbons (Fsp3) is 0.190. The van der Waals surface area contributed by atoms with Crippen molar-refractivity contribution in [1.82, 2.24) is 10.2 Å². The third kappa shape index (κ3) is 5.20. The summed E-state index contributed by atoms with van der Waals surface area (Å²) >= 11 is 0. The Kier molecular flexibility index (Phi) is 6.41. The molecular formula is C21H22N4O3. The Morgan fingerprint density at radius 3 is 2.25 bits per heavy atom. The fourth-order valence-corrected chi connectivity index (χ4v) is 2.50. The summed E-state index contributed by atoms with van der Waals surface area (Å²) in [5.41, 5.74) is 2.19. The zero-order chi connectivity index (χ0) is 19.8. The minimum atomic E-state index is -0.337. The van der Waals surface area contributed by atoms with Crippen LogP contribution in [0.15, 0.2) is 60.7 Å². The number of nitrogens with zero attached hydrogens (tertiary/aromatic N) is 2. The first-order valence-corrected chi connectivity index (χ1v) is 8.93. The van der Waals surface area contributed by atoms with E-state index in [1.165, 1.54) is 5.56 Å². The van der Waals surface area contributed by atoms with Crippen molar-refractivity contribution in [3.05, 3.63) is 66.2 Å². The van der Waals surface area contributed by atoms with Crippen molar-refractivity contribution in [3.63, 3.8) is 0 Å². The molecule has 0 aliphatic carbocycles. The summed E-state index contributed by atoms with van der Waals surface area (Å²) in [6.07, 6.45) is 0.995. The molecule has 0 unspecified atom stereocenters. The normalized spacial score (nSPS) is 10.2. The van der Waals surface area contributed by atoms with Crippen molar-refractivity contribution in [2.24, 2.45) is 0 Å². The number of para-hydroxylation sites is 2. The quantitative estimate of drug-likeness (QED) is 0.620. The van der Waals surface area contributed by atoms with E-state index < -0.39 is 0 Å². The first-order valence-electron chi connectivity index (χ1n) is 8.93. The molecule has 3 aromatic rings. The molecule has 1 amide bonds. The Morgan fingerprint density at radius 2 is 1.61 bits per heavy atom. The zero-order valence-corrected chi connectivity index (χ0v) is 15.8. The summed E-state index contributed by atoms with van der Waals surface area (Å²) in [7, 11) is 1.55. The van der Waals surface area contributed by atoms with Crippen molar-refractivity contribution in [2.75, 3.05) is 24.4 Å². The van der Waals surface area contributed by atoms with E-state index in [0.717, 1.165) is 12.1 Å². The van der Waals surface area contributed by atoms with Crippen molar-refractivity contribution in [2.45, 2.75) is 13.3 Å². The maximum atomic E-state index is 12.1. The summed E-state index contributed by atoms with van der Waals surface area (Å²) in [6, 6.07) is 18.7. The van der Waals surface area contributed by atoms with Crippen molar-refractivity contribution >= 4 is 23.2 Å².